The Bertz CT molecular complexity index is 396. The van der Waals surface area contributed by atoms with Crippen LogP contribution in [0, 0.1) is 5.92 Å². The summed E-state index contributed by atoms with van der Waals surface area (Å²) in [4.78, 5) is 14.1. The Labute approximate surface area is 137 Å². The first-order valence-corrected chi connectivity index (χ1v) is 11.3. The predicted molar refractivity (Wildman–Crippen MR) is 93.7 cm³/mol. The van der Waals surface area contributed by atoms with E-state index in [9.17, 15) is 4.79 Å². The van der Waals surface area contributed by atoms with Crippen LogP contribution in [-0.4, -0.2) is 44.1 Å². The van der Waals surface area contributed by atoms with Gasteiger partial charge in [0.05, 0.1) is 6.10 Å². The maximum absolute atomic E-state index is 12.3. The highest BCUT2D eigenvalue weighted by Crippen LogP contribution is 2.39. The van der Waals surface area contributed by atoms with E-state index in [0.717, 1.165) is 13.0 Å². The van der Waals surface area contributed by atoms with Crippen LogP contribution in [0.4, 0.5) is 4.79 Å². The van der Waals surface area contributed by atoms with E-state index >= 15 is 0 Å². The van der Waals surface area contributed by atoms with Crippen LogP contribution in [0.25, 0.3) is 0 Å². The molecule has 1 saturated heterocycles. The average molecular weight is 330 g/mol. The Hall–Kier alpha value is -0.553. The summed E-state index contributed by atoms with van der Waals surface area (Å²) >= 11 is 0. The second-order valence-electron chi connectivity index (χ2n) is 8.97. The standard InChI is InChI=1S/C17H35NO3Si/c1-10-13-11-18(15(19)20-16(2,3)4)12-14(13)21-22(8,9)17(5,6)7/h13-14H,10-12H2,1-9H3. The van der Waals surface area contributed by atoms with Crippen LogP contribution in [0.15, 0.2) is 0 Å². The lowest BCUT2D eigenvalue weighted by Crippen LogP contribution is -2.46. The largest absolute Gasteiger partial charge is 0.444 e. The fourth-order valence-electron chi connectivity index (χ4n) is 2.40. The fraction of sp³-hybridized carbons (Fsp3) is 0.941. The van der Waals surface area contributed by atoms with Crippen LogP contribution < -0.4 is 0 Å². The third kappa shape index (κ3) is 4.98. The van der Waals surface area contributed by atoms with Gasteiger partial charge in [-0.1, -0.05) is 27.7 Å². The minimum atomic E-state index is -1.82. The summed E-state index contributed by atoms with van der Waals surface area (Å²) in [6.07, 6.45) is 0.948. The zero-order valence-electron chi connectivity index (χ0n) is 15.9. The quantitative estimate of drug-likeness (QED) is 0.707. The van der Waals surface area contributed by atoms with Gasteiger partial charge in [-0.3, -0.25) is 0 Å². The Morgan fingerprint density at radius 3 is 2.09 bits per heavy atom. The summed E-state index contributed by atoms with van der Waals surface area (Å²) in [5.74, 6) is 0.404. The number of likely N-dealkylation sites (tertiary alicyclic amines) is 1. The van der Waals surface area contributed by atoms with Gasteiger partial charge in [0.2, 0.25) is 0 Å². The normalized spacial score (nSPS) is 23.8. The molecule has 0 radical (unpaired) electrons. The molecule has 0 spiro atoms. The fourth-order valence-corrected chi connectivity index (χ4v) is 3.78. The van der Waals surface area contributed by atoms with E-state index in [1.54, 1.807) is 0 Å². The second kappa shape index (κ2) is 6.52. The minimum Gasteiger partial charge on any atom is -0.444 e. The molecule has 4 nitrogen and oxygen atoms in total. The van der Waals surface area contributed by atoms with Crippen LogP contribution in [0.1, 0.15) is 54.9 Å². The molecule has 0 aliphatic carbocycles. The van der Waals surface area contributed by atoms with E-state index in [4.69, 9.17) is 9.16 Å². The zero-order chi connectivity index (χ0) is 17.3. The van der Waals surface area contributed by atoms with Gasteiger partial charge in [-0.2, -0.15) is 0 Å². The SMILES string of the molecule is CCC1CN(C(=O)OC(C)(C)C)CC1O[Si](C)(C)C(C)(C)C. The molecule has 1 aliphatic rings. The molecule has 0 N–H and O–H groups in total. The third-order valence-electron chi connectivity index (χ3n) is 4.81. The van der Waals surface area contributed by atoms with Crippen molar-refractivity contribution in [3.05, 3.63) is 0 Å². The van der Waals surface area contributed by atoms with Gasteiger partial charge in [-0.05, 0) is 45.3 Å². The first-order valence-electron chi connectivity index (χ1n) is 8.42. The van der Waals surface area contributed by atoms with Crippen molar-refractivity contribution in [1.29, 1.82) is 0 Å². The van der Waals surface area contributed by atoms with Crippen molar-refractivity contribution >= 4 is 14.4 Å². The van der Waals surface area contributed by atoms with Crippen LogP contribution >= 0.6 is 0 Å². The highest BCUT2D eigenvalue weighted by atomic mass is 28.4. The minimum absolute atomic E-state index is 0.137. The van der Waals surface area contributed by atoms with Crippen molar-refractivity contribution in [3.8, 4) is 0 Å². The molecule has 0 saturated carbocycles. The van der Waals surface area contributed by atoms with E-state index in [1.165, 1.54) is 0 Å². The van der Waals surface area contributed by atoms with Crippen LogP contribution in [0.3, 0.4) is 0 Å². The number of carbonyl (C=O) groups is 1. The highest BCUT2D eigenvalue weighted by Gasteiger charge is 2.44. The molecule has 0 aromatic carbocycles. The summed E-state index contributed by atoms with van der Waals surface area (Å²) in [6, 6.07) is 0. The van der Waals surface area contributed by atoms with Gasteiger partial charge in [-0.25, -0.2) is 4.79 Å². The van der Waals surface area contributed by atoms with Gasteiger partial charge in [0.1, 0.15) is 5.60 Å². The Kier molecular flexibility index (Phi) is 5.77. The van der Waals surface area contributed by atoms with E-state index in [0.29, 0.717) is 12.5 Å². The monoisotopic (exact) mass is 329 g/mol. The Morgan fingerprint density at radius 2 is 1.68 bits per heavy atom. The molecule has 1 fully saturated rings. The van der Waals surface area contributed by atoms with E-state index < -0.39 is 13.9 Å². The second-order valence-corrected chi connectivity index (χ2v) is 13.7. The van der Waals surface area contributed by atoms with Gasteiger partial charge in [0.15, 0.2) is 8.32 Å². The topological polar surface area (TPSA) is 38.8 Å². The molecule has 1 amide bonds. The lowest BCUT2D eigenvalue weighted by Gasteiger charge is -2.39. The average Bonchev–Trinajstić information content (AvgIpc) is 2.67. The molecule has 1 heterocycles. The zero-order valence-corrected chi connectivity index (χ0v) is 16.9. The molecule has 22 heavy (non-hydrogen) atoms. The first-order chi connectivity index (χ1) is 9.77. The van der Waals surface area contributed by atoms with Crippen molar-refractivity contribution in [2.24, 2.45) is 5.92 Å². The smallest absolute Gasteiger partial charge is 0.410 e. The lowest BCUT2D eigenvalue weighted by molar-refractivity contribution is 0.0272. The summed E-state index contributed by atoms with van der Waals surface area (Å²) in [5, 5.41) is 0.185. The van der Waals surface area contributed by atoms with Crippen LogP contribution in [0.5, 0.6) is 0 Å². The van der Waals surface area contributed by atoms with E-state index in [2.05, 4.69) is 40.8 Å². The van der Waals surface area contributed by atoms with E-state index in [1.807, 2.05) is 25.7 Å². The molecule has 2 atom stereocenters. The Morgan fingerprint density at radius 1 is 1.14 bits per heavy atom. The van der Waals surface area contributed by atoms with Crippen LogP contribution in [0.2, 0.25) is 18.1 Å². The van der Waals surface area contributed by atoms with Crippen molar-refractivity contribution in [2.45, 2.75) is 84.7 Å². The highest BCUT2D eigenvalue weighted by molar-refractivity contribution is 6.74. The summed E-state index contributed by atoms with van der Waals surface area (Å²) in [7, 11) is -1.82. The number of rotatable bonds is 3. The molecule has 130 valence electrons. The number of amides is 1. The van der Waals surface area contributed by atoms with Crippen molar-refractivity contribution in [3.63, 3.8) is 0 Å². The molecule has 2 unspecified atom stereocenters. The number of carbonyl (C=O) groups excluding carboxylic acids is 1. The molecule has 1 rings (SSSR count). The molecule has 0 aromatic rings. The molecule has 0 aromatic heterocycles. The number of nitrogens with zero attached hydrogens (tertiary/aromatic N) is 1. The van der Waals surface area contributed by atoms with E-state index in [-0.39, 0.29) is 17.2 Å². The summed E-state index contributed by atoms with van der Waals surface area (Å²) < 4.78 is 12.1. The van der Waals surface area contributed by atoms with Crippen molar-refractivity contribution in [2.75, 3.05) is 13.1 Å². The maximum Gasteiger partial charge on any atom is 0.410 e. The molecular formula is C17H35NO3Si. The van der Waals surface area contributed by atoms with Gasteiger partial charge < -0.3 is 14.1 Å². The number of ether oxygens (including phenoxy) is 1. The lowest BCUT2D eigenvalue weighted by atomic mass is 10.0. The Balaban J connectivity index is 2.76. The van der Waals surface area contributed by atoms with Crippen molar-refractivity contribution < 1.29 is 14.0 Å². The van der Waals surface area contributed by atoms with Gasteiger partial charge in [0.25, 0.3) is 0 Å². The summed E-state index contributed by atoms with van der Waals surface area (Å²) in [6.45, 7) is 20.6. The summed E-state index contributed by atoms with van der Waals surface area (Å²) in [5.41, 5.74) is -0.447. The molecule has 1 aliphatic heterocycles. The predicted octanol–water partition coefficient (Wildman–Crippen LogP) is 4.65. The maximum atomic E-state index is 12.3. The van der Waals surface area contributed by atoms with Crippen LogP contribution in [-0.2, 0) is 9.16 Å². The number of hydrogen-bond acceptors (Lipinski definition) is 3. The van der Waals surface area contributed by atoms with Gasteiger partial charge >= 0.3 is 6.09 Å². The third-order valence-corrected chi connectivity index (χ3v) is 9.31. The first kappa shape index (κ1) is 19.5. The molecular weight excluding hydrogens is 294 g/mol. The molecule has 0 bridgehead atoms. The van der Waals surface area contributed by atoms with Gasteiger partial charge in [-0.15, -0.1) is 0 Å². The van der Waals surface area contributed by atoms with Gasteiger partial charge in [0, 0.05) is 19.0 Å². The van der Waals surface area contributed by atoms with Crippen molar-refractivity contribution in [1.82, 2.24) is 4.90 Å². The number of hydrogen-bond donors (Lipinski definition) is 0. The molecule has 5 heteroatoms.